The Labute approximate surface area is 147 Å². The zero-order valence-electron chi connectivity index (χ0n) is 14.2. The fourth-order valence-corrected chi connectivity index (χ4v) is 3.86. The minimum absolute atomic E-state index is 0.00863. The van der Waals surface area contributed by atoms with Gasteiger partial charge in [0.25, 0.3) is 5.56 Å². The Hall–Kier alpha value is -2.48. The normalized spacial score (nSPS) is 23.0. The average Bonchev–Trinajstić information content (AvgIpc) is 3.35. The van der Waals surface area contributed by atoms with Gasteiger partial charge >= 0.3 is 5.97 Å². The Kier molecular flexibility index (Phi) is 3.76. The van der Waals surface area contributed by atoms with Crippen LogP contribution < -0.4 is 16.2 Å². The summed E-state index contributed by atoms with van der Waals surface area (Å²) >= 11 is 0. The molecule has 2 aromatic rings. The molecule has 3 N–H and O–H groups in total. The van der Waals surface area contributed by atoms with E-state index < -0.39 is 29.6 Å². The summed E-state index contributed by atoms with van der Waals surface area (Å²) in [6.45, 7) is 1.85. The number of aromatic nitrogens is 1. The lowest BCUT2D eigenvalue weighted by Crippen LogP contribution is -2.31. The van der Waals surface area contributed by atoms with Gasteiger partial charge in [-0.05, 0) is 42.9 Å². The number of aromatic carboxylic acids is 1. The molecule has 4 rings (SSSR count). The van der Waals surface area contributed by atoms with E-state index in [1.165, 1.54) is 6.07 Å². The summed E-state index contributed by atoms with van der Waals surface area (Å²) in [5.41, 5.74) is 6.54. The van der Waals surface area contributed by atoms with Crippen LogP contribution in [0.3, 0.4) is 0 Å². The van der Waals surface area contributed by atoms with Crippen LogP contribution in [-0.4, -0.2) is 40.8 Å². The van der Waals surface area contributed by atoms with Crippen LogP contribution in [0.2, 0.25) is 0 Å². The van der Waals surface area contributed by atoms with Gasteiger partial charge in [-0.1, -0.05) is 0 Å². The summed E-state index contributed by atoms with van der Waals surface area (Å²) in [7, 11) is 0. The first-order valence-corrected chi connectivity index (χ1v) is 8.55. The third kappa shape index (κ3) is 2.47. The summed E-state index contributed by atoms with van der Waals surface area (Å²) in [5.74, 6) is -1.88. The van der Waals surface area contributed by atoms with Crippen molar-refractivity contribution in [3.05, 3.63) is 45.1 Å². The van der Waals surface area contributed by atoms with Crippen LogP contribution in [0.25, 0.3) is 5.52 Å². The molecule has 0 aromatic carbocycles. The maximum atomic E-state index is 14.8. The molecule has 1 aliphatic carbocycles. The van der Waals surface area contributed by atoms with Gasteiger partial charge in [-0.25, -0.2) is 13.6 Å². The monoisotopic (exact) mass is 363 g/mol. The minimum atomic E-state index is -1.33. The molecule has 6 nitrogen and oxygen atoms in total. The number of fused-ring (bicyclic) bond motifs is 1. The maximum Gasteiger partial charge on any atom is 0.341 e. The number of nitrogens with two attached hydrogens (primary N) is 1. The molecule has 1 saturated carbocycles. The highest BCUT2D eigenvalue weighted by Crippen LogP contribution is 2.44. The molecule has 2 fully saturated rings. The number of carbonyl (C=O) groups is 1. The topological polar surface area (TPSA) is 88.0 Å². The molecule has 0 radical (unpaired) electrons. The molecular formula is C18H19F2N3O3. The lowest BCUT2D eigenvalue weighted by Gasteiger charge is -2.23. The summed E-state index contributed by atoms with van der Waals surface area (Å²) in [4.78, 5) is 25.5. The van der Waals surface area contributed by atoms with Crippen LogP contribution in [0, 0.1) is 12.7 Å². The standard InChI is InChI=1S/C18H19F2N3O3/c1-8-15-10(9-2-3-9)4-11(18(25)26)17(24)23(15)6-13(20)16(8)22-5-12(19)14(21)7-22/h4,6,9,12,14H,2-3,5,7,21H2,1H3,(H,25,26)/t12-,14-/m0/s1. The van der Waals surface area contributed by atoms with Crippen molar-refractivity contribution in [2.75, 3.05) is 18.0 Å². The molecular weight excluding hydrogens is 344 g/mol. The summed E-state index contributed by atoms with van der Waals surface area (Å²) < 4.78 is 29.8. The van der Waals surface area contributed by atoms with Crippen molar-refractivity contribution < 1.29 is 18.7 Å². The lowest BCUT2D eigenvalue weighted by molar-refractivity contribution is 0.0694. The number of hydrogen-bond donors (Lipinski definition) is 2. The molecule has 2 atom stereocenters. The van der Waals surface area contributed by atoms with E-state index in [9.17, 15) is 23.5 Å². The smallest absolute Gasteiger partial charge is 0.341 e. The first-order chi connectivity index (χ1) is 12.3. The third-order valence-electron chi connectivity index (χ3n) is 5.30. The number of aryl methyl sites for hydroxylation is 1. The number of rotatable bonds is 3. The molecule has 3 heterocycles. The number of nitrogens with zero attached hydrogens (tertiary/aromatic N) is 2. The van der Waals surface area contributed by atoms with Crippen molar-refractivity contribution in [3.8, 4) is 0 Å². The highest BCUT2D eigenvalue weighted by molar-refractivity contribution is 5.89. The largest absolute Gasteiger partial charge is 0.477 e. The Morgan fingerprint density at radius 3 is 2.58 bits per heavy atom. The molecule has 8 heteroatoms. The fourth-order valence-electron chi connectivity index (χ4n) is 3.86. The Morgan fingerprint density at radius 1 is 1.35 bits per heavy atom. The SMILES string of the molecule is Cc1c(N2C[C@H](N)[C@@H](F)C2)c(F)cn2c(=O)c(C(=O)O)cc(C3CC3)c12. The van der Waals surface area contributed by atoms with Gasteiger partial charge < -0.3 is 15.7 Å². The number of alkyl halides is 1. The van der Waals surface area contributed by atoms with E-state index in [-0.39, 0.29) is 30.3 Å². The van der Waals surface area contributed by atoms with Gasteiger partial charge in [-0.3, -0.25) is 9.20 Å². The summed E-state index contributed by atoms with van der Waals surface area (Å²) in [6, 6.07) is 0.713. The highest BCUT2D eigenvalue weighted by Gasteiger charge is 2.34. The highest BCUT2D eigenvalue weighted by atomic mass is 19.1. The van der Waals surface area contributed by atoms with Crippen LogP contribution in [0.15, 0.2) is 17.1 Å². The third-order valence-corrected chi connectivity index (χ3v) is 5.30. The molecule has 0 bridgehead atoms. The maximum absolute atomic E-state index is 14.8. The van der Waals surface area contributed by atoms with Gasteiger partial charge in [-0.15, -0.1) is 0 Å². The number of carboxylic acid groups (broad SMARTS) is 1. The molecule has 1 saturated heterocycles. The summed E-state index contributed by atoms with van der Waals surface area (Å²) in [6.07, 6.45) is 1.54. The van der Waals surface area contributed by atoms with Crippen molar-refractivity contribution in [1.29, 1.82) is 0 Å². The van der Waals surface area contributed by atoms with E-state index in [4.69, 9.17) is 5.73 Å². The fraction of sp³-hybridized carbons (Fsp3) is 0.444. The quantitative estimate of drug-likeness (QED) is 0.868. The molecule has 1 aliphatic heterocycles. The van der Waals surface area contributed by atoms with Gasteiger partial charge in [0.2, 0.25) is 0 Å². The van der Waals surface area contributed by atoms with E-state index in [1.807, 2.05) is 0 Å². The molecule has 0 unspecified atom stereocenters. The van der Waals surface area contributed by atoms with E-state index in [2.05, 4.69) is 0 Å². The molecule has 0 amide bonds. The second-order valence-corrected chi connectivity index (χ2v) is 7.15. The number of hydrogen-bond acceptors (Lipinski definition) is 4. The predicted molar refractivity (Wildman–Crippen MR) is 92.4 cm³/mol. The van der Waals surface area contributed by atoms with E-state index >= 15 is 0 Å². The second kappa shape index (κ2) is 5.77. The van der Waals surface area contributed by atoms with E-state index in [0.717, 1.165) is 29.0 Å². The van der Waals surface area contributed by atoms with Gasteiger partial charge in [0.1, 0.15) is 11.7 Å². The molecule has 26 heavy (non-hydrogen) atoms. The summed E-state index contributed by atoms with van der Waals surface area (Å²) in [5, 5.41) is 9.31. The number of halogens is 2. The Balaban J connectivity index is 2.00. The van der Waals surface area contributed by atoms with Crippen molar-refractivity contribution in [2.45, 2.75) is 37.9 Å². The van der Waals surface area contributed by atoms with Gasteiger partial charge in [0.15, 0.2) is 5.82 Å². The zero-order chi connectivity index (χ0) is 18.7. The second-order valence-electron chi connectivity index (χ2n) is 7.15. The van der Waals surface area contributed by atoms with E-state index in [1.54, 1.807) is 11.8 Å². The zero-order valence-corrected chi connectivity index (χ0v) is 14.2. The average molecular weight is 363 g/mol. The van der Waals surface area contributed by atoms with Gasteiger partial charge in [0, 0.05) is 6.54 Å². The van der Waals surface area contributed by atoms with Gasteiger partial charge in [-0.2, -0.15) is 0 Å². The predicted octanol–water partition coefficient (Wildman–Crippen LogP) is 1.81. The molecule has 0 spiro atoms. The molecule has 138 valence electrons. The van der Waals surface area contributed by atoms with Crippen LogP contribution in [-0.2, 0) is 0 Å². The number of carboxylic acids is 1. The van der Waals surface area contributed by atoms with Crippen molar-refractivity contribution in [1.82, 2.24) is 4.40 Å². The van der Waals surface area contributed by atoms with Gasteiger partial charge in [0.05, 0.1) is 30.0 Å². The van der Waals surface area contributed by atoms with Crippen LogP contribution >= 0.6 is 0 Å². The van der Waals surface area contributed by atoms with E-state index in [0.29, 0.717) is 11.1 Å². The number of pyridine rings is 2. The first kappa shape index (κ1) is 17.0. The van der Waals surface area contributed by atoms with Crippen molar-refractivity contribution >= 4 is 17.2 Å². The van der Waals surface area contributed by atoms with Crippen molar-refractivity contribution in [2.24, 2.45) is 5.73 Å². The molecule has 2 aliphatic rings. The van der Waals surface area contributed by atoms with Crippen LogP contribution in [0.5, 0.6) is 0 Å². The Bertz CT molecular complexity index is 974. The van der Waals surface area contributed by atoms with Crippen LogP contribution in [0.4, 0.5) is 14.5 Å². The molecule has 2 aromatic heterocycles. The number of anilines is 1. The Morgan fingerprint density at radius 2 is 2.04 bits per heavy atom. The minimum Gasteiger partial charge on any atom is -0.477 e. The van der Waals surface area contributed by atoms with Crippen molar-refractivity contribution in [3.63, 3.8) is 0 Å². The first-order valence-electron chi connectivity index (χ1n) is 8.55. The van der Waals surface area contributed by atoms with Crippen LogP contribution in [0.1, 0.15) is 40.2 Å². The lowest BCUT2D eigenvalue weighted by atomic mass is 10.0.